The molecular weight excluding hydrogens is 385 g/mol. The quantitative estimate of drug-likeness (QED) is 0.551. The number of anilines is 1. The van der Waals surface area contributed by atoms with Crippen LogP contribution in [0.3, 0.4) is 0 Å². The minimum Gasteiger partial charge on any atom is -0.484 e. The van der Waals surface area contributed by atoms with E-state index >= 15 is 0 Å². The fourth-order valence-corrected chi connectivity index (χ4v) is 3.08. The number of benzene rings is 3. The van der Waals surface area contributed by atoms with E-state index < -0.39 is 0 Å². The van der Waals surface area contributed by atoms with E-state index in [1.807, 2.05) is 12.1 Å². The first-order chi connectivity index (χ1) is 14.5. The highest BCUT2D eigenvalue weighted by molar-refractivity contribution is 5.91. The van der Waals surface area contributed by atoms with Crippen LogP contribution in [0.25, 0.3) is 22.3 Å². The molecule has 0 bridgehead atoms. The smallest absolute Gasteiger partial charge is 0.262 e. The Bertz CT molecular complexity index is 1280. The number of fused-ring (bicyclic) bond motifs is 1. The highest BCUT2D eigenvalue weighted by Crippen LogP contribution is 2.23. The highest BCUT2D eigenvalue weighted by Gasteiger charge is 2.11. The predicted octanol–water partition coefficient (Wildman–Crippen LogP) is 3.76. The number of carbonyl (C=O) groups is 1. The topological polar surface area (TPSA) is 73.2 Å². The lowest BCUT2D eigenvalue weighted by molar-refractivity contribution is -0.118. The van der Waals surface area contributed by atoms with Gasteiger partial charge in [0.1, 0.15) is 17.4 Å². The molecule has 0 fully saturated rings. The van der Waals surface area contributed by atoms with Crippen LogP contribution in [0.4, 0.5) is 10.1 Å². The van der Waals surface area contributed by atoms with E-state index in [1.54, 1.807) is 43.4 Å². The van der Waals surface area contributed by atoms with Crippen molar-refractivity contribution in [3.63, 3.8) is 0 Å². The summed E-state index contributed by atoms with van der Waals surface area (Å²) in [6.07, 6.45) is 0. The van der Waals surface area contributed by atoms with Crippen LogP contribution < -0.4 is 15.6 Å². The number of nitrogens with one attached hydrogen (secondary N) is 1. The molecule has 1 heterocycles. The third-order valence-electron chi connectivity index (χ3n) is 4.57. The van der Waals surface area contributed by atoms with Crippen LogP contribution in [-0.4, -0.2) is 22.1 Å². The second-order valence-corrected chi connectivity index (χ2v) is 6.69. The summed E-state index contributed by atoms with van der Waals surface area (Å²) in [4.78, 5) is 29.3. The number of amides is 1. The molecule has 0 aliphatic carbocycles. The first-order valence-corrected chi connectivity index (χ1v) is 9.26. The molecule has 0 saturated heterocycles. The molecule has 4 rings (SSSR count). The van der Waals surface area contributed by atoms with Gasteiger partial charge in [-0.15, -0.1) is 0 Å². The normalized spacial score (nSPS) is 10.7. The summed E-state index contributed by atoms with van der Waals surface area (Å²) >= 11 is 0. The summed E-state index contributed by atoms with van der Waals surface area (Å²) in [5.74, 6) is 0.213. The van der Waals surface area contributed by atoms with E-state index in [1.165, 1.54) is 28.8 Å². The van der Waals surface area contributed by atoms with Gasteiger partial charge < -0.3 is 10.1 Å². The molecule has 1 amide bonds. The number of halogens is 1. The average Bonchev–Trinajstić information content (AvgIpc) is 2.76. The Labute approximate surface area is 171 Å². The van der Waals surface area contributed by atoms with Crippen molar-refractivity contribution >= 4 is 22.5 Å². The van der Waals surface area contributed by atoms with E-state index in [9.17, 15) is 14.0 Å². The zero-order chi connectivity index (χ0) is 21.1. The lowest BCUT2D eigenvalue weighted by Gasteiger charge is -2.11. The third kappa shape index (κ3) is 4.05. The van der Waals surface area contributed by atoms with E-state index in [-0.39, 0.29) is 23.9 Å². The number of ether oxygens (including phenoxy) is 1. The SMILES string of the molecule is Cn1c(-c2cccc(OCC(=O)Nc3ccc(F)cc3)c2)nc2ccccc2c1=O. The van der Waals surface area contributed by atoms with Gasteiger partial charge in [-0.3, -0.25) is 14.2 Å². The Morgan fingerprint density at radius 3 is 2.63 bits per heavy atom. The average molecular weight is 403 g/mol. The van der Waals surface area contributed by atoms with Gasteiger partial charge in [-0.05, 0) is 48.5 Å². The fourth-order valence-electron chi connectivity index (χ4n) is 3.08. The molecule has 0 radical (unpaired) electrons. The molecule has 0 saturated carbocycles. The number of rotatable bonds is 5. The van der Waals surface area contributed by atoms with Gasteiger partial charge in [-0.1, -0.05) is 24.3 Å². The first-order valence-electron chi connectivity index (χ1n) is 9.26. The summed E-state index contributed by atoms with van der Waals surface area (Å²) < 4.78 is 20.0. The molecule has 0 aliphatic rings. The molecule has 0 spiro atoms. The van der Waals surface area contributed by atoms with Crippen LogP contribution in [0, 0.1) is 5.82 Å². The van der Waals surface area contributed by atoms with Crippen molar-refractivity contribution in [2.45, 2.75) is 0 Å². The first kappa shape index (κ1) is 19.3. The Morgan fingerprint density at radius 2 is 1.83 bits per heavy atom. The molecular formula is C23H18FN3O3. The zero-order valence-electron chi connectivity index (χ0n) is 16.1. The van der Waals surface area contributed by atoms with Crippen molar-refractivity contribution in [2.24, 2.45) is 7.05 Å². The zero-order valence-corrected chi connectivity index (χ0v) is 16.1. The maximum absolute atomic E-state index is 12.9. The maximum atomic E-state index is 12.9. The van der Waals surface area contributed by atoms with Crippen molar-refractivity contribution in [1.29, 1.82) is 0 Å². The van der Waals surface area contributed by atoms with Gasteiger partial charge in [0.05, 0.1) is 10.9 Å². The van der Waals surface area contributed by atoms with Crippen molar-refractivity contribution in [1.82, 2.24) is 9.55 Å². The maximum Gasteiger partial charge on any atom is 0.262 e. The summed E-state index contributed by atoms with van der Waals surface area (Å²) in [5.41, 5.74) is 1.65. The number of nitrogens with zero attached hydrogens (tertiary/aromatic N) is 2. The van der Waals surface area contributed by atoms with Crippen LogP contribution in [0.1, 0.15) is 0 Å². The molecule has 0 atom stereocenters. The number of hydrogen-bond donors (Lipinski definition) is 1. The van der Waals surface area contributed by atoms with Crippen molar-refractivity contribution < 1.29 is 13.9 Å². The predicted molar refractivity (Wildman–Crippen MR) is 113 cm³/mol. The van der Waals surface area contributed by atoms with Crippen LogP contribution in [-0.2, 0) is 11.8 Å². The van der Waals surface area contributed by atoms with E-state index in [2.05, 4.69) is 10.3 Å². The van der Waals surface area contributed by atoms with E-state index in [4.69, 9.17) is 4.74 Å². The number of hydrogen-bond acceptors (Lipinski definition) is 4. The lowest BCUT2D eigenvalue weighted by atomic mass is 10.1. The van der Waals surface area contributed by atoms with Crippen LogP contribution >= 0.6 is 0 Å². The molecule has 1 aromatic heterocycles. The minimum absolute atomic E-state index is 0.138. The minimum atomic E-state index is -0.377. The summed E-state index contributed by atoms with van der Waals surface area (Å²) in [6.45, 7) is -0.217. The molecule has 0 unspecified atom stereocenters. The molecule has 4 aromatic rings. The van der Waals surface area contributed by atoms with Crippen LogP contribution in [0.2, 0.25) is 0 Å². The molecule has 30 heavy (non-hydrogen) atoms. The second-order valence-electron chi connectivity index (χ2n) is 6.69. The van der Waals surface area contributed by atoms with Crippen LogP contribution in [0.15, 0.2) is 77.6 Å². The molecule has 1 N–H and O–H groups in total. The molecule has 150 valence electrons. The standard InChI is InChI=1S/C23H18FN3O3/c1-27-22(26-20-8-3-2-7-19(20)23(27)29)15-5-4-6-18(13-15)30-14-21(28)25-17-11-9-16(24)10-12-17/h2-13H,14H2,1H3,(H,25,28). The van der Waals surface area contributed by atoms with Gasteiger partial charge in [0.25, 0.3) is 11.5 Å². The van der Waals surface area contributed by atoms with E-state index in [0.29, 0.717) is 33.7 Å². The van der Waals surface area contributed by atoms with Gasteiger partial charge in [0.2, 0.25) is 0 Å². The van der Waals surface area contributed by atoms with Crippen molar-refractivity contribution in [2.75, 3.05) is 11.9 Å². The molecule has 0 aliphatic heterocycles. The monoisotopic (exact) mass is 403 g/mol. The fraction of sp³-hybridized carbons (Fsp3) is 0.0870. The molecule has 3 aromatic carbocycles. The largest absolute Gasteiger partial charge is 0.484 e. The van der Waals surface area contributed by atoms with Gasteiger partial charge in [0, 0.05) is 18.3 Å². The number of para-hydroxylation sites is 1. The molecule has 7 heteroatoms. The van der Waals surface area contributed by atoms with Gasteiger partial charge in [-0.25, -0.2) is 9.37 Å². The Morgan fingerprint density at radius 1 is 1.07 bits per heavy atom. The summed E-state index contributed by atoms with van der Waals surface area (Å²) in [7, 11) is 1.67. The highest BCUT2D eigenvalue weighted by atomic mass is 19.1. The lowest BCUT2D eigenvalue weighted by Crippen LogP contribution is -2.21. The Hall–Kier alpha value is -4.00. The van der Waals surface area contributed by atoms with Gasteiger partial charge in [0.15, 0.2) is 6.61 Å². The van der Waals surface area contributed by atoms with E-state index in [0.717, 1.165) is 0 Å². The van der Waals surface area contributed by atoms with Crippen LogP contribution in [0.5, 0.6) is 5.75 Å². The second kappa shape index (κ2) is 8.16. The summed E-state index contributed by atoms with van der Waals surface area (Å²) in [5, 5.41) is 3.18. The number of aromatic nitrogens is 2. The van der Waals surface area contributed by atoms with Gasteiger partial charge >= 0.3 is 0 Å². The Kier molecular flexibility index (Phi) is 5.26. The summed E-state index contributed by atoms with van der Waals surface area (Å²) in [6, 6.07) is 19.7. The number of carbonyl (C=O) groups excluding carboxylic acids is 1. The van der Waals surface area contributed by atoms with Crippen molar-refractivity contribution in [3.05, 3.63) is 89.0 Å². The van der Waals surface area contributed by atoms with Crippen molar-refractivity contribution in [3.8, 4) is 17.1 Å². The third-order valence-corrected chi connectivity index (χ3v) is 4.57. The van der Waals surface area contributed by atoms with Gasteiger partial charge in [-0.2, -0.15) is 0 Å². The molecule has 6 nitrogen and oxygen atoms in total. The Balaban J connectivity index is 1.52.